The fourth-order valence-corrected chi connectivity index (χ4v) is 0.567. The Kier molecular flexibility index (Phi) is 4.22. The quantitative estimate of drug-likeness (QED) is 0.448. The third-order valence-electron chi connectivity index (χ3n) is 0.870. The van der Waals surface area contributed by atoms with Crippen molar-refractivity contribution in [2.75, 3.05) is 6.26 Å². The van der Waals surface area contributed by atoms with Crippen molar-refractivity contribution in [2.45, 2.75) is 13.8 Å². The first kappa shape index (κ1) is 8.56. The molecule has 0 unspecified atom stereocenters. The monoisotopic (exact) mass is 144 g/mol. The molecule has 0 aliphatic carbocycles. The molecule has 0 amide bonds. The van der Waals surface area contributed by atoms with E-state index < -0.39 is 0 Å². The normalized spacial score (nSPS) is 14.1. The first-order valence-corrected chi connectivity index (χ1v) is 3.91. The third kappa shape index (κ3) is 4.09. The van der Waals surface area contributed by atoms with Crippen molar-refractivity contribution in [3.8, 4) is 0 Å². The lowest BCUT2D eigenvalue weighted by molar-refractivity contribution is 1.27. The maximum Gasteiger partial charge on any atom is 0.0701 e. The Labute approximate surface area is 60.2 Å². The summed E-state index contributed by atoms with van der Waals surface area (Å²) >= 11 is 1.62. The molecule has 0 bridgehead atoms. The van der Waals surface area contributed by atoms with E-state index in [2.05, 4.69) is 4.99 Å². The average molecular weight is 144 g/mol. The molecule has 0 aliphatic rings. The predicted octanol–water partition coefficient (Wildman–Crippen LogP) is 1.59. The zero-order valence-corrected chi connectivity index (χ0v) is 6.83. The van der Waals surface area contributed by atoms with Gasteiger partial charge in [-0.05, 0) is 20.1 Å². The lowest BCUT2D eigenvalue weighted by Crippen LogP contribution is -1.85. The number of hydrogen-bond acceptors (Lipinski definition) is 3. The van der Waals surface area contributed by atoms with Gasteiger partial charge in [-0.3, -0.25) is 4.99 Å². The number of thioether (sulfide) groups is 1. The van der Waals surface area contributed by atoms with Crippen LogP contribution in [0.2, 0.25) is 0 Å². The molecule has 0 aliphatic heterocycles. The van der Waals surface area contributed by atoms with E-state index in [-0.39, 0.29) is 0 Å². The molecule has 3 heteroatoms. The number of rotatable bonds is 1. The van der Waals surface area contributed by atoms with Gasteiger partial charge >= 0.3 is 0 Å². The Morgan fingerprint density at radius 2 is 2.11 bits per heavy atom. The minimum Gasteiger partial charge on any atom is -0.403 e. The SMILES string of the molecule is CSC(C)=N/C(C)=C\N. The molecule has 9 heavy (non-hydrogen) atoms. The molecular formula is C6H12N2S. The van der Waals surface area contributed by atoms with Gasteiger partial charge in [-0.1, -0.05) is 0 Å². The highest BCUT2D eigenvalue weighted by Gasteiger charge is 1.84. The highest BCUT2D eigenvalue weighted by Crippen LogP contribution is 2.01. The minimum absolute atomic E-state index is 0.863. The maximum atomic E-state index is 5.20. The standard InChI is InChI=1S/C6H12N2S/c1-5(4-7)8-6(2)9-3/h4H,7H2,1-3H3/b5-4-,8-6?. The van der Waals surface area contributed by atoms with Crippen LogP contribution >= 0.6 is 11.8 Å². The molecular weight excluding hydrogens is 132 g/mol. The maximum absolute atomic E-state index is 5.20. The van der Waals surface area contributed by atoms with Gasteiger partial charge in [0.2, 0.25) is 0 Å². The van der Waals surface area contributed by atoms with Gasteiger partial charge in [-0.2, -0.15) is 0 Å². The molecule has 0 rings (SSSR count). The van der Waals surface area contributed by atoms with E-state index >= 15 is 0 Å². The summed E-state index contributed by atoms with van der Waals surface area (Å²) in [7, 11) is 0. The highest BCUT2D eigenvalue weighted by atomic mass is 32.2. The van der Waals surface area contributed by atoms with Crippen molar-refractivity contribution in [1.29, 1.82) is 0 Å². The summed E-state index contributed by atoms with van der Waals surface area (Å²) in [6, 6.07) is 0. The minimum atomic E-state index is 0.863. The predicted molar refractivity (Wildman–Crippen MR) is 44.6 cm³/mol. The fourth-order valence-electron chi connectivity index (χ4n) is 0.331. The summed E-state index contributed by atoms with van der Waals surface area (Å²) in [5, 5.41) is 1.04. The van der Waals surface area contributed by atoms with Crippen LogP contribution in [0.3, 0.4) is 0 Å². The van der Waals surface area contributed by atoms with E-state index in [0.29, 0.717) is 0 Å². The van der Waals surface area contributed by atoms with Gasteiger partial charge in [-0.15, -0.1) is 11.8 Å². The molecule has 0 fully saturated rings. The molecule has 52 valence electrons. The van der Waals surface area contributed by atoms with Gasteiger partial charge in [-0.25, -0.2) is 0 Å². The van der Waals surface area contributed by atoms with Crippen LogP contribution < -0.4 is 5.73 Å². The summed E-state index contributed by atoms with van der Waals surface area (Å²) in [6.07, 6.45) is 3.49. The van der Waals surface area contributed by atoms with E-state index in [1.165, 1.54) is 6.20 Å². The number of aliphatic imine (C=N–C) groups is 1. The number of nitrogens with two attached hydrogens (primary N) is 1. The van der Waals surface area contributed by atoms with E-state index in [1.54, 1.807) is 11.8 Å². The Morgan fingerprint density at radius 3 is 2.44 bits per heavy atom. The first-order valence-electron chi connectivity index (χ1n) is 2.68. The van der Waals surface area contributed by atoms with E-state index in [9.17, 15) is 0 Å². The van der Waals surface area contributed by atoms with Crippen molar-refractivity contribution in [3.05, 3.63) is 11.9 Å². The third-order valence-corrected chi connectivity index (χ3v) is 1.55. The first-order chi connectivity index (χ1) is 4.20. The Morgan fingerprint density at radius 1 is 1.56 bits per heavy atom. The van der Waals surface area contributed by atoms with Crippen LogP contribution in [0, 0.1) is 0 Å². The van der Waals surface area contributed by atoms with Gasteiger partial charge in [0.05, 0.1) is 10.7 Å². The van der Waals surface area contributed by atoms with Crippen molar-refractivity contribution in [1.82, 2.24) is 0 Å². The Hall–Kier alpha value is -0.440. The fraction of sp³-hybridized carbons (Fsp3) is 0.500. The van der Waals surface area contributed by atoms with Crippen molar-refractivity contribution < 1.29 is 0 Å². The van der Waals surface area contributed by atoms with Crippen LogP contribution in [-0.2, 0) is 0 Å². The van der Waals surface area contributed by atoms with Crippen LogP contribution in [0.25, 0.3) is 0 Å². The zero-order chi connectivity index (χ0) is 7.28. The molecule has 0 spiro atoms. The topological polar surface area (TPSA) is 38.4 Å². The van der Waals surface area contributed by atoms with Crippen molar-refractivity contribution in [2.24, 2.45) is 10.7 Å². The van der Waals surface area contributed by atoms with Crippen LogP contribution in [-0.4, -0.2) is 11.3 Å². The summed E-state index contributed by atoms with van der Waals surface area (Å²) in [5.74, 6) is 0. The molecule has 0 saturated heterocycles. The summed E-state index contributed by atoms with van der Waals surface area (Å²) in [5.41, 5.74) is 6.06. The van der Waals surface area contributed by atoms with Gasteiger partial charge in [0.1, 0.15) is 0 Å². The second-order valence-electron chi connectivity index (χ2n) is 1.64. The molecule has 0 heterocycles. The second kappa shape index (κ2) is 4.44. The zero-order valence-electron chi connectivity index (χ0n) is 6.01. The summed E-state index contributed by atoms with van der Waals surface area (Å²) in [4.78, 5) is 4.13. The molecule has 0 atom stereocenters. The summed E-state index contributed by atoms with van der Waals surface area (Å²) < 4.78 is 0. The van der Waals surface area contributed by atoms with E-state index in [0.717, 1.165) is 10.7 Å². The molecule has 0 aromatic heterocycles. The molecule has 0 radical (unpaired) electrons. The van der Waals surface area contributed by atoms with E-state index in [1.807, 2.05) is 20.1 Å². The van der Waals surface area contributed by atoms with Gasteiger partial charge in [0.25, 0.3) is 0 Å². The van der Waals surface area contributed by atoms with Gasteiger partial charge < -0.3 is 5.73 Å². The lowest BCUT2D eigenvalue weighted by atomic mass is 10.5. The van der Waals surface area contributed by atoms with Crippen molar-refractivity contribution in [3.63, 3.8) is 0 Å². The Balaban J connectivity index is 3.95. The molecule has 2 N–H and O–H groups in total. The number of nitrogens with zero attached hydrogens (tertiary/aromatic N) is 1. The smallest absolute Gasteiger partial charge is 0.0701 e. The second-order valence-corrected chi connectivity index (χ2v) is 2.64. The average Bonchev–Trinajstić information content (AvgIpc) is 1.87. The highest BCUT2D eigenvalue weighted by molar-refractivity contribution is 8.13. The van der Waals surface area contributed by atoms with Crippen LogP contribution in [0.4, 0.5) is 0 Å². The van der Waals surface area contributed by atoms with Crippen molar-refractivity contribution >= 4 is 16.8 Å². The molecule has 2 nitrogen and oxygen atoms in total. The Bertz CT molecular complexity index is 138. The summed E-state index contributed by atoms with van der Waals surface area (Å²) in [6.45, 7) is 3.83. The molecule has 0 aromatic rings. The van der Waals surface area contributed by atoms with Crippen LogP contribution in [0.5, 0.6) is 0 Å². The van der Waals surface area contributed by atoms with Gasteiger partial charge in [0, 0.05) is 6.20 Å². The lowest BCUT2D eigenvalue weighted by Gasteiger charge is -1.92. The molecule has 0 saturated carbocycles. The largest absolute Gasteiger partial charge is 0.403 e. The van der Waals surface area contributed by atoms with Crippen LogP contribution in [0.1, 0.15) is 13.8 Å². The molecule has 0 aromatic carbocycles. The number of hydrogen-bond donors (Lipinski definition) is 1. The van der Waals surface area contributed by atoms with Crippen LogP contribution in [0.15, 0.2) is 16.9 Å². The van der Waals surface area contributed by atoms with Gasteiger partial charge in [0.15, 0.2) is 0 Å². The number of allylic oxidation sites excluding steroid dienone is 1. The van der Waals surface area contributed by atoms with E-state index in [4.69, 9.17) is 5.73 Å².